The predicted molar refractivity (Wildman–Crippen MR) is 88.4 cm³/mol. The van der Waals surface area contributed by atoms with Crippen LogP contribution in [0.4, 0.5) is 4.39 Å². The number of rotatable bonds is 2. The maximum Gasteiger partial charge on any atom is 0.178 e. The number of hydrogen-bond acceptors (Lipinski definition) is 1. The van der Waals surface area contributed by atoms with Crippen molar-refractivity contribution in [3.8, 4) is 0 Å². The van der Waals surface area contributed by atoms with Gasteiger partial charge in [-0.1, -0.05) is 6.42 Å². The van der Waals surface area contributed by atoms with Crippen LogP contribution in [0.2, 0.25) is 0 Å². The molecule has 21 heavy (non-hydrogen) atoms. The van der Waals surface area contributed by atoms with E-state index in [1.165, 1.54) is 25.7 Å². The van der Waals surface area contributed by atoms with Crippen molar-refractivity contribution in [3.63, 3.8) is 0 Å². The molecule has 0 amide bonds. The molecule has 2 aromatic rings. The van der Waals surface area contributed by atoms with E-state index in [1.54, 1.807) is 12.1 Å². The Kier molecular flexibility index (Phi) is 3.26. The van der Waals surface area contributed by atoms with Gasteiger partial charge in [-0.15, -0.1) is 0 Å². The molecule has 1 heterocycles. The minimum atomic E-state index is -0.231. The molecule has 2 saturated carbocycles. The Morgan fingerprint density at radius 2 is 2.19 bits per heavy atom. The topological polar surface area (TPSA) is 20.7 Å². The van der Waals surface area contributed by atoms with Crippen molar-refractivity contribution in [2.45, 2.75) is 38.6 Å². The lowest BCUT2D eigenvalue weighted by Gasteiger charge is -2.29. The van der Waals surface area contributed by atoms with Gasteiger partial charge in [0.15, 0.2) is 4.77 Å². The Labute approximate surface area is 136 Å². The minimum Gasteiger partial charge on any atom is -0.331 e. The second-order valence-electron chi connectivity index (χ2n) is 6.66. The van der Waals surface area contributed by atoms with Gasteiger partial charge in [0.1, 0.15) is 5.82 Å². The van der Waals surface area contributed by atoms with Crippen LogP contribution in [-0.2, 0) is 0 Å². The van der Waals surface area contributed by atoms with E-state index in [4.69, 9.17) is 12.2 Å². The van der Waals surface area contributed by atoms with Gasteiger partial charge in [-0.3, -0.25) is 0 Å². The second-order valence-corrected chi connectivity index (χ2v) is 7.90. The zero-order valence-corrected chi connectivity index (χ0v) is 14.3. The van der Waals surface area contributed by atoms with Crippen LogP contribution in [0.3, 0.4) is 0 Å². The van der Waals surface area contributed by atoms with Crippen molar-refractivity contribution in [2.24, 2.45) is 17.8 Å². The molecule has 4 unspecified atom stereocenters. The fourth-order valence-electron chi connectivity index (χ4n) is 4.60. The highest BCUT2D eigenvalue weighted by Crippen LogP contribution is 2.52. The van der Waals surface area contributed by atoms with Crippen LogP contribution in [0.15, 0.2) is 16.6 Å². The van der Waals surface area contributed by atoms with Gasteiger partial charge in [-0.2, -0.15) is 0 Å². The van der Waals surface area contributed by atoms with Gasteiger partial charge in [0.25, 0.3) is 0 Å². The average molecular weight is 369 g/mol. The van der Waals surface area contributed by atoms with E-state index in [0.717, 1.165) is 22.9 Å². The van der Waals surface area contributed by atoms with Crippen molar-refractivity contribution in [3.05, 3.63) is 27.2 Å². The molecule has 2 aliphatic carbocycles. The van der Waals surface area contributed by atoms with Gasteiger partial charge in [0.2, 0.25) is 0 Å². The average Bonchev–Trinajstić information content (AvgIpc) is 3.12. The molecular weight excluding hydrogens is 351 g/mol. The Morgan fingerprint density at radius 3 is 2.86 bits per heavy atom. The summed E-state index contributed by atoms with van der Waals surface area (Å²) < 4.78 is 17.2. The molecule has 0 spiro atoms. The molecule has 5 heteroatoms. The first kappa shape index (κ1) is 13.9. The first-order chi connectivity index (χ1) is 10.0. The van der Waals surface area contributed by atoms with E-state index in [1.807, 2.05) is 0 Å². The number of benzene rings is 1. The summed E-state index contributed by atoms with van der Waals surface area (Å²) in [6, 6.07) is 3.71. The Bertz CT molecular complexity index is 765. The van der Waals surface area contributed by atoms with Crippen LogP contribution in [0.25, 0.3) is 11.0 Å². The maximum atomic E-state index is 13.9. The van der Waals surface area contributed by atoms with Crippen molar-refractivity contribution >= 4 is 39.2 Å². The van der Waals surface area contributed by atoms with Crippen molar-refractivity contribution < 1.29 is 4.39 Å². The van der Waals surface area contributed by atoms with Crippen LogP contribution in [0.5, 0.6) is 0 Å². The lowest BCUT2D eigenvalue weighted by molar-refractivity contribution is 0.245. The van der Waals surface area contributed by atoms with Gasteiger partial charge in [-0.05, 0) is 78.2 Å². The van der Waals surface area contributed by atoms with E-state index < -0.39 is 0 Å². The third kappa shape index (κ3) is 2.12. The van der Waals surface area contributed by atoms with E-state index in [2.05, 4.69) is 32.4 Å². The molecule has 2 fully saturated rings. The highest BCUT2D eigenvalue weighted by atomic mass is 79.9. The van der Waals surface area contributed by atoms with Crippen LogP contribution in [-0.4, -0.2) is 9.55 Å². The number of H-pyrrole nitrogens is 1. The summed E-state index contributed by atoms with van der Waals surface area (Å²) in [5.41, 5.74) is 1.79. The third-order valence-electron chi connectivity index (χ3n) is 5.58. The number of aromatic nitrogens is 2. The number of nitrogens with zero attached hydrogens (tertiary/aromatic N) is 1. The van der Waals surface area contributed by atoms with Gasteiger partial charge in [-0.25, -0.2) is 4.39 Å². The Hall–Kier alpha value is -0.680. The zero-order valence-electron chi connectivity index (χ0n) is 11.9. The summed E-state index contributed by atoms with van der Waals surface area (Å²) in [4.78, 5) is 3.22. The number of fused-ring (bicyclic) bond motifs is 3. The van der Waals surface area contributed by atoms with E-state index in [-0.39, 0.29) is 5.82 Å². The molecule has 2 nitrogen and oxygen atoms in total. The van der Waals surface area contributed by atoms with Crippen molar-refractivity contribution in [2.75, 3.05) is 0 Å². The van der Waals surface area contributed by atoms with Crippen molar-refractivity contribution in [1.82, 2.24) is 9.55 Å². The summed E-state index contributed by atoms with van der Waals surface area (Å²) in [6.07, 6.45) is 5.44. The molecular formula is C16H18BrFN2S. The Morgan fingerprint density at radius 1 is 1.38 bits per heavy atom. The molecule has 0 aliphatic heterocycles. The summed E-state index contributed by atoms with van der Waals surface area (Å²) >= 11 is 8.75. The predicted octanol–water partition coefficient (Wildman–Crippen LogP) is 5.60. The van der Waals surface area contributed by atoms with E-state index in [0.29, 0.717) is 21.2 Å². The van der Waals surface area contributed by atoms with Gasteiger partial charge in [0, 0.05) is 12.1 Å². The highest BCUT2D eigenvalue weighted by Gasteiger charge is 2.42. The molecule has 1 N–H and O–H groups in total. The molecule has 1 aromatic heterocycles. The monoisotopic (exact) mass is 368 g/mol. The molecule has 4 rings (SSSR count). The Balaban J connectivity index is 1.80. The highest BCUT2D eigenvalue weighted by molar-refractivity contribution is 9.10. The van der Waals surface area contributed by atoms with E-state index in [9.17, 15) is 4.39 Å². The number of imidazole rings is 1. The fourth-order valence-corrected chi connectivity index (χ4v) is 5.32. The molecule has 2 aliphatic rings. The van der Waals surface area contributed by atoms with Crippen LogP contribution in [0.1, 0.15) is 38.6 Å². The molecule has 4 atom stereocenters. The fraction of sp³-hybridized carbons (Fsp3) is 0.562. The number of hydrogen-bond donors (Lipinski definition) is 1. The summed E-state index contributed by atoms with van der Waals surface area (Å²) in [6.45, 7) is 2.24. The molecule has 2 bridgehead atoms. The largest absolute Gasteiger partial charge is 0.331 e. The lowest BCUT2D eigenvalue weighted by atomic mass is 9.84. The first-order valence-electron chi connectivity index (χ1n) is 7.64. The molecule has 0 saturated heterocycles. The summed E-state index contributed by atoms with van der Waals surface area (Å²) in [5, 5.41) is 0. The maximum absolute atomic E-state index is 13.9. The second kappa shape index (κ2) is 4.92. The van der Waals surface area contributed by atoms with E-state index >= 15 is 0 Å². The smallest absolute Gasteiger partial charge is 0.178 e. The molecule has 0 radical (unpaired) electrons. The number of nitrogens with one attached hydrogen (secondary N) is 1. The zero-order chi connectivity index (χ0) is 14.7. The molecule has 112 valence electrons. The number of halogens is 2. The third-order valence-corrected chi connectivity index (χ3v) is 6.48. The lowest BCUT2D eigenvalue weighted by Crippen LogP contribution is -2.22. The van der Waals surface area contributed by atoms with Gasteiger partial charge >= 0.3 is 0 Å². The minimum absolute atomic E-state index is 0.231. The normalized spacial score (nSPS) is 29.4. The first-order valence-corrected chi connectivity index (χ1v) is 8.84. The van der Waals surface area contributed by atoms with Crippen molar-refractivity contribution in [1.29, 1.82) is 0 Å². The SMILES string of the molecule is CC(C1CC2CCC1C2)n1c(=S)[nH]c2cc(Br)c(F)cc21. The summed E-state index contributed by atoms with van der Waals surface area (Å²) in [5.74, 6) is 2.19. The summed E-state index contributed by atoms with van der Waals surface area (Å²) in [7, 11) is 0. The molecule has 1 aromatic carbocycles. The standard InChI is InChI=1S/C16H18BrFN2S/c1-8(11-5-9-2-3-10(11)4-9)20-15-7-13(18)12(17)6-14(15)19-16(20)21/h6-11H,2-5H2,1H3,(H,19,21). The van der Waals surface area contributed by atoms with Gasteiger partial charge in [0.05, 0.1) is 15.5 Å². The van der Waals surface area contributed by atoms with Crippen LogP contribution < -0.4 is 0 Å². The number of aromatic amines is 1. The quantitative estimate of drug-likeness (QED) is 0.684. The van der Waals surface area contributed by atoms with Crippen LogP contribution in [0, 0.1) is 28.3 Å². The van der Waals surface area contributed by atoms with Gasteiger partial charge < -0.3 is 9.55 Å². The van der Waals surface area contributed by atoms with Crippen LogP contribution >= 0.6 is 28.1 Å².